The first kappa shape index (κ1) is 16.8. The molecule has 0 saturated carbocycles. The Bertz CT molecular complexity index is 419. The van der Waals surface area contributed by atoms with Crippen molar-refractivity contribution in [2.75, 3.05) is 12.8 Å². The van der Waals surface area contributed by atoms with Gasteiger partial charge in [0.15, 0.2) is 0 Å². The van der Waals surface area contributed by atoms with Gasteiger partial charge < -0.3 is 10.8 Å². The number of carboxylic acids is 1. The van der Waals surface area contributed by atoms with E-state index in [-0.39, 0.29) is 6.42 Å². The Kier molecular flexibility index (Phi) is 8.24. The second-order valence-corrected chi connectivity index (χ2v) is 4.93. The third-order valence-corrected chi connectivity index (χ3v) is 3.05. The Balaban J connectivity index is 0.00000137. The largest absolute Gasteiger partial charge is 0.481 e. The lowest BCUT2D eigenvalue weighted by Gasteiger charge is -2.06. The van der Waals surface area contributed by atoms with Gasteiger partial charge in [0.25, 0.3) is 0 Å². The summed E-state index contributed by atoms with van der Waals surface area (Å²) in [6.07, 6.45) is 2.19. The highest BCUT2D eigenvalue weighted by molar-refractivity contribution is 7.84. The molecule has 0 aromatic heterocycles. The van der Waals surface area contributed by atoms with Crippen LogP contribution in [0.1, 0.15) is 25.0 Å². The molecule has 0 saturated heterocycles. The van der Waals surface area contributed by atoms with Crippen molar-refractivity contribution in [3.8, 4) is 0 Å². The maximum Gasteiger partial charge on any atom is 0.307 e. The smallest absolute Gasteiger partial charge is 0.307 e. The van der Waals surface area contributed by atoms with E-state index in [1.54, 1.807) is 18.4 Å². The minimum Gasteiger partial charge on any atom is -0.481 e. The van der Waals surface area contributed by atoms with Gasteiger partial charge in [-0.2, -0.15) is 0 Å². The summed E-state index contributed by atoms with van der Waals surface area (Å²) in [5.41, 5.74) is 7.05. The average molecular weight is 271 g/mol. The van der Waals surface area contributed by atoms with E-state index in [1.807, 2.05) is 19.9 Å². The molecule has 0 aliphatic carbocycles. The van der Waals surface area contributed by atoms with Gasteiger partial charge in [0.1, 0.15) is 0 Å². The number of hydrogen-bond acceptors (Lipinski definition) is 3. The molecule has 0 aliphatic heterocycles. The minimum absolute atomic E-state index is 0.0530. The summed E-state index contributed by atoms with van der Waals surface area (Å²) in [4.78, 5) is 11.3. The van der Waals surface area contributed by atoms with Gasteiger partial charge in [-0.05, 0) is 36.2 Å². The van der Waals surface area contributed by atoms with Crippen LogP contribution in [0.25, 0.3) is 0 Å². The van der Waals surface area contributed by atoms with Crippen molar-refractivity contribution in [2.24, 2.45) is 5.73 Å². The molecule has 18 heavy (non-hydrogen) atoms. The molecule has 5 heteroatoms. The van der Waals surface area contributed by atoms with Crippen molar-refractivity contribution in [1.82, 2.24) is 0 Å². The van der Waals surface area contributed by atoms with Crippen LogP contribution in [0.3, 0.4) is 0 Å². The van der Waals surface area contributed by atoms with Crippen LogP contribution in [-0.2, 0) is 28.4 Å². The van der Waals surface area contributed by atoms with Gasteiger partial charge in [0.05, 0.1) is 6.42 Å². The quantitative estimate of drug-likeness (QED) is 0.852. The van der Waals surface area contributed by atoms with Crippen molar-refractivity contribution in [1.29, 1.82) is 0 Å². The fourth-order valence-electron chi connectivity index (χ4n) is 1.48. The molecule has 3 N–H and O–H groups in total. The number of aliphatic carboxylic acids is 1. The first-order valence-corrected chi connectivity index (χ1v) is 7.47. The summed E-state index contributed by atoms with van der Waals surface area (Å²) in [6.45, 7) is 4.49. The lowest BCUT2D eigenvalue weighted by atomic mass is 10.1. The molecule has 1 rings (SSSR count). The summed E-state index contributed by atoms with van der Waals surface area (Å²) in [6, 6.07) is 5.29. The molecule has 102 valence electrons. The molecule has 0 aliphatic rings. The molecule has 0 bridgehead atoms. The highest BCUT2D eigenvalue weighted by atomic mass is 32.2. The average Bonchev–Trinajstić information content (AvgIpc) is 2.30. The summed E-state index contributed by atoms with van der Waals surface area (Å²) < 4.78 is 11.4. The van der Waals surface area contributed by atoms with Crippen LogP contribution in [0.2, 0.25) is 0 Å². The van der Waals surface area contributed by atoms with Gasteiger partial charge in [-0.3, -0.25) is 9.00 Å². The first-order chi connectivity index (χ1) is 8.52. The van der Waals surface area contributed by atoms with E-state index in [0.717, 1.165) is 5.56 Å². The SMILES string of the molecule is CC.CS(=O)c1cc(CCN)cc(CC(=O)O)c1. The minimum atomic E-state index is -1.10. The fourth-order valence-corrected chi connectivity index (χ4v) is 2.12. The van der Waals surface area contributed by atoms with Crippen molar-refractivity contribution < 1.29 is 14.1 Å². The standard InChI is InChI=1S/C11H15NO3S.C2H6/c1-16(15)10-5-8(2-3-12)4-9(6-10)7-11(13)14;1-2/h4-6H,2-3,7,12H2,1H3,(H,13,14);1-2H3. The fraction of sp³-hybridized carbons (Fsp3) is 0.462. The van der Waals surface area contributed by atoms with Crippen LogP contribution < -0.4 is 5.73 Å². The van der Waals surface area contributed by atoms with Crippen LogP contribution in [0, 0.1) is 0 Å². The number of benzene rings is 1. The van der Waals surface area contributed by atoms with Crippen LogP contribution in [0.4, 0.5) is 0 Å². The monoisotopic (exact) mass is 271 g/mol. The molecule has 4 nitrogen and oxygen atoms in total. The zero-order valence-corrected chi connectivity index (χ0v) is 11.9. The topological polar surface area (TPSA) is 80.4 Å². The summed E-state index contributed by atoms with van der Waals surface area (Å²) in [7, 11) is -1.10. The molecule has 0 spiro atoms. The van der Waals surface area contributed by atoms with Gasteiger partial charge in [-0.1, -0.05) is 19.9 Å². The second kappa shape index (κ2) is 8.83. The number of carbonyl (C=O) groups is 1. The third kappa shape index (κ3) is 5.93. The van der Waals surface area contributed by atoms with Gasteiger partial charge >= 0.3 is 5.97 Å². The van der Waals surface area contributed by atoms with E-state index in [9.17, 15) is 9.00 Å². The lowest BCUT2D eigenvalue weighted by molar-refractivity contribution is -0.136. The molecule has 0 amide bonds. The van der Waals surface area contributed by atoms with Crippen LogP contribution >= 0.6 is 0 Å². The number of carboxylic acid groups (broad SMARTS) is 1. The molecule has 1 unspecified atom stereocenters. The molecule has 1 atom stereocenters. The van der Waals surface area contributed by atoms with Gasteiger partial charge in [0.2, 0.25) is 0 Å². The predicted molar refractivity (Wildman–Crippen MR) is 74.2 cm³/mol. The molecule has 0 radical (unpaired) electrons. The molecule has 1 aromatic rings. The Morgan fingerprint density at radius 3 is 2.28 bits per heavy atom. The zero-order valence-electron chi connectivity index (χ0n) is 11.1. The predicted octanol–water partition coefficient (Wildman–Crippen LogP) is 1.58. The third-order valence-electron chi connectivity index (χ3n) is 2.15. The van der Waals surface area contributed by atoms with E-state index in [4.69, 9.17) is 10.8 Å². The van der Waals surface area contributed by atoms with Crippen molar-refractivity contribution >= 4 is 16.8 Å². The Morgan fingerprint density at radius 2 is 1.83 bits per heavy atom. The highest BCUT2D eigenvalue weighted by Crippen LogP contribution is 2.14. The number of hydrogen-bond donors (Lipinski definition) is 2. The van der Waals surface area contributed by atoms with Crippen molar-refractivity contribution in [2.45, 2.75) is 31.6 Å². The number of nitrogens with two attached hydrogens (primary N) is 1. The normalized spacial score (nSPS) is 11.3. The zero-order chi connectivity index (χ0) is 14.1. The van der Waals surface area contributed by atoms with E-state index in [0.29, 0.717) is 23.4 Å². The Morgan fingerprint density at radius 1 is 1.28 bits per heavy atom. The Hall–Kier alpha value is -1.20. The highest BCUT2D eigenvalue weighted by Gasteiger charge is 2.06. The summed E-state index contributed by atoms with van der Waals surface area (Å²) in [5.74, 6) is -0.891. The number of rotatable bonds is 5. The molecular formula is C13H21NO3S. The van der Waals surface area contributed by atoms with Crippen LogP contribution in [-0.4, -0.2) is 28.1 Å². The van der Waals surface area contributed by atoms with Gasteiger partial charge in [0, 0.05) is 22.0 Å². The molecule has 1 aromatic carbocycles. The Labute approximate surface area is 111 Å². The van der Waals surface area contributed by atoms with Gasteiger partial charge in [-0.25, -0.2) is 0 Å². The van der Waals surface area contributed by atoms with Crippen molar-refractivity contribution in [3.05, 3.63) is 29.3 Å². The van der Waals surface area contributed by atoms with Crippen LogP contribution in [0.5, 0.6) is 0 Å². The summed E-state index contributed by atoms with van der Waals surface area (Å²) >= 11 is 0. The molecular weight excluding hydrogens is 250 g/mol. The summed E-state index contributed by atoms with van der Waals surface area (Å²) in [5, 5.41) is 8.72. The van der Waals surface area contributed by atoms with E-state index in [2.05, 4.69) is 0 Å². The second-order valence-electron chi connectivity index (χ2n) is 3.55. The maximum absolute atomic E-state index is 11.4. The van der Waals surface area contributed by atoms with E-state index < -0.39 is 16.8 Å². The van der Waals surface area contributed by atoms with E-state index >= 15 is 0 Å². The van der Waals surface area contributed by atoms with Gasteiger partial charge in [-0.15, -0.1) is 0 Å². The van der Waals surface area contributed by atoms with E-state index in [1.165, 1.54) is 0 Å². The molecule has 0 fully saturated rings. The van der Waals surface area contributed by atoms with Crippen molar-refractivity contribution in [3.63, 3.8) is 0 Å². The lowest BCUT2D eigenvalue weighted by Crippen LogP contribution is -2.06. The van der Waals surface area contributed by atoms with Crippen LogP contribution in [0.15, 0.2) is 23.1 Å². The first-order valence-electron chi connectivity index (χ1n) is 5.91. The maximum atomic E-state index is 11.4. The molecule has 0 heterocycles.